The van der Waals surface area contributed by atoms with Crippen molar-refractivity contribution >= 4 is 0 Å². The summed E-state index contributed by atoms with van der Waals surface area (Å²) in [5.41, 5.74) is 0. The highest BCUT2D eigenvalue weighted by Crippen LogP contribution is 2.05. The van der Waals surface area contributed by atoms with Gasteiger partial charge in [0.2, 0.25) is 0 Å². The van der Waals surface area contributed by atoms with Gasteiger partial charge in [-0.05, 0) is 31.8 Å². The highest BCUT2D eigenvalue weighted by atomic mass is 16.3. The van der Waals surface area contributed by atoms with Crippen molar-refractivity contribution in [1.29, 1.82) is 0 Å². The van der Waals surface area contributed by atoms with Crippen molar-refractivity contribution in [3.05, 3.63) is 36.5 Å². The van der Waals surface area contributed by atoms with Gasteiger partial charge in [-0.3, -0.25) is 0 Å². The zero-order chi connectivity index (χ0) is 12.9. The molecule has 0 aliphatic rings. The predicted octanol–water partition coefficient (Wildman–Crippen LogP) is 2.59. The fraction of sp³-hybridized carbons (Fsp3) is 0.467. The molecular formula is C15H22O2. The van der Waals surface area contributed by atoms with Crippen molar-refractivity contribution in [2.75, 3.05) is 0 Å². The molecule has 0 saturated heterocycles. The van der Waals surface area contributed by atoms with Gasteiger partial charge in [0.1, 0.15) is 0 Å². The van der Waals surface area contributed by atoms with Crippen LogP contribution in [0.2, 0.25) is 0 Å². The summed E-state index contributed by atoms with van der Waals surface area (Å²) in [7, 11) is 0. The van der Waals surface area contributed by atoms with Gasteiger partial charge in [-0.25, -0.2) is 0 Å². The Kier molecular flexibility index (Phi) is 10.3. The first-order valence-corrected chi connectivity index (χ1v) is 5.99. The highest BCUT2D eigenvalue weighted by Gasteiger charge is 2.12. The van der Waals surface area contributed by atoms with Crippen LogP contribution >= 0.6 is 0 Å². The summed E-state index contributed by atoms with van der Waals surface area (Å²) in [6.07, 6.45) is 17.6. The number of hydrogen-bond acceptors (Lipinski definition) is 2. The van der Waals surface area contributed by atoms with Crippen molar-refractivity contribution in [2.45, 2.75) is 44.8 Å². The zero-order valence-electron chi connectivity index (χ0n) is 10.4. The molecule has 0 aliphatic carbocycles. The van der Waals surface area contributed by atoms with E-state index >= 15 is 0 Å². The lowest BCUT2D eigenvalue weighted by Gasteiger charge is -2.13. The predicted molar refractivity (Wildman–Crippen MR) is 72.4 cm³/mol. The van der Waals surface area contributed by atoms with Gasteiger partial charge in [0.25, 0.3) is 0 Å². The van der Waals surface area contributed by atoms with E-state index < -0.39 is 12.2 Å². The third-order valence-electron chi connectivity index (χ3n) is 2.25. The highest BCUT2D eigenvalue weighted by molar-refractivity contribution is 5.09. The van der Waals surface area contributed by atoms with E-state index in [0.29, 0.717) is 12.8 Å². The minimum Gasteiger partial charge on any atom is -0.390 e. The van der Waals surface area contributed by atoms with Gasteiger partial charge in [-0.1, -0.05) is 43.2 Å². The van der Waals surface area contributed by atoms with Crippen LogP contribution in [0.1, 0.15) is 32.6 Å². The Morgan fingerprint density at radius 2 is 1.59 bits per heavy atom. The number of rotatable bonds is 8. The zero-order valence-corrected chi connectivity index (χ0v) is 10.4. The average Bonchev–Trinajstić information content (AvgIpc) is 2.33. The molecule has 0 unspecified atom stereocenters. The van der Waals surface area contributed by atoms with E-state index in [2.05, 4.69) is 25.0 Å². The van der Waals surface area contributed by atoms with E-state index in [1.54, 1.807) is 6.08 Å². The summed E-state index contributed by atoms with van der Waals surface area (Å²) in [5, 5.41) is 19.2. The van der Waals surface area contributed by atoms with E-state index in [0.717, 1.165) is 12.8 Å². The van der Waals surface area contributed by atoms with Crippen LogP contribution in [-0.2, 0) is 0 Å². The minimum absolute atomic E-state index is 0.384. The fourth-order valence-electron chi connectivity index (χ4n) is 1.26. The molecule has 0 saturated carbocycles. The Morgan fingerprint density at radius 1 is 1.00 bits per heavy atom. The molecule has 17 heavy (non-hydrogen) atoms. The molecule has 0 bridgehead atoms. The molecule has 0 spiro atoms. The van der Waals surface area contributed by atoms with Gasteiger partial charge in [0.15, 0.2) is 0 Å². The second kappa shape index (κ2) is 11.2. The molecule has 2 N–H and O–H groups in total. The standard InChI is InChI=1S/C15H22O2/c1-3-5-7-8-9-11-13-15(17)14(16)12-10-6-4-2/h2,5-7,9-11,14-17H,3,8,12-13H2,1H3/b7-5+,10-6+,11-9-/t14-,15+/m0/s1. The summed E-state index contributed by atoms with van der Waals surface area (Å²) >= 11 is 0. The molecule has 2 nitrogen and oxygen atoms in total. The second-order valence-corrected chi connectivity index (χ2v) is 3.76. The van der Waals surface area contributed by atoms with E-state index in [1.165, 1.54) is 6.08 Å². The van der Waals surface area contributed by atoms with E-state index in [1.807, 2.05) is 12.2 Å². The fourth-order valence-corrected chi connectivity index (χ4v) is 1.26. The first kappa shape index (κ1) is 15.7. The number of terminal acetylenes is 1. The third kappa shape index (κ3) is 9.62. The van der Waals surface area contributed by atoms with Crippen LogP contribution in [0.3, 0.4) is 0 Å². The molecule has 0 fully saturated rings. The van der Waals surface area contributed by atoms with Crippen LogP contribution < -0.4 is 0 Å². The minimum atomic E-state index is -0.754. The first-order chi connectivity index (χ1) is 8.22. The smallest absolute Gasteiger partial charge is 0.0836 e. The summed E-state index contributed by atoms with van der Waals surface area (Å²) in [5.74, 6) is 2.34. The first-order valence-electron chi connectivity index (χ1n) is 5.99. The van der Waals surface area contributed by atoms with Crippen LogP contribution in [0.4, 0.5) is 0 Å². The lowest BCUT2D eigenvalue weighted by molar-refractivity contribution is 0.0238. The molecular weight excluding hydrogens is 212 g/mol. The molecule has 0 aliphatic heterocycles. The SMILES string of the molecule is C#C/C=C/C[C@H](O)[C@H](O)C/C=C\C/C=C/CC. The largest absolute Gasteiger partial charge is 0.390 e. The topological polar surface area (TPSA) is 40.5 Å². The Balaban J connectivity index is 3.77. The molecule has 94 valence electrons. The quantitative estimate of drug-likeness (QED) is 0.500. The van der Waals surface area contributed by atoms with Gasteiger partial charge < -0.3 is 10.2 Å². The second-order valence-electron chi connectivity index (χ2n) is 3.76. The number of allylic oxidation sites excluding steroid dienone is 4. The Hall–Kier alpha value is -1.30. The van der Waals surface area contributed by atoms with Crippen molar-refractivity contribution in [1.82, 2.24) is 0 Å². The molecule has 0 radical (unpaired) electrons. The molecule has 0 amide bonds. The summed E-state index contributed by atoms with van der Waals surface area (Å²) in [4.78, 5) is 0. The molecule has 0 aromatic carbocycles. The third-order valence-corrected chi connectivity index (χ3v) is 2.25. The summed E-state index contributed by atoms with van der Waals surface area (Å²) in [6, 6.07) is 0. The van der Waals surface area contributed by atoms with Crippen LogP contribution in [-0.4, -0.2) is 22.4 Å². The van der Waals surface area contributed by atoms with Crippen LogP contribution in [0.25, 0.3) is 0 Å². The van der Waals surface area contributed by atoms with Crippen molar-refractivity contribution < 1.29 is 10.2 Å². The van der Waals surface area contributed by atoms with E-state index in [9.17, 15) is 10.2 Å². The monoisotopic (exact) mass is 234 g/mol. The van der Waals surface area contributed by atoms with Gasteiger partial charge in [0, 0.05) is 0 Å². The Labute approximate surface area is 104 Å². The van der Waals surface area contributed by atoms with Crippen LogP contribution in [0, 0.1) is 12.3 Å². The van der Waals surface area contributed by atoms with Gasteiger partial charge in [-0.2, -0.15) is 0 Å². The van der Waals surface area contributed by atoms with Gasteiger partial charge >= 0.3 is 0 Å². The molecule has 0 heterocycles. The molecule has 2 atom stereocenters. The van der Waals surface area contributed by atoms with Gasteiger partial charge in [-0.15, -0.1) is 6.42 Å². The molecule has 2 heteroatoms. The number of hydrogen-bond donors (Lipinski definition) is 2. The van der Waals surface area contributed by atoms with Crippen molar-refractivity contribution in [3.63, 3.8) is 0 Å². The van der Waals surface area contributed by atoms with Gasteiger partial charge in [0.05, 0.1) is 12.2 Å². The van der Waals surface area contributed by atoms with Crippen LogP contribution in [0.15, 0.2) is 36.5 Å². The number of aliphatic hydroxyl groups is 2. The average molecular weight is 234 g/mol. The summed E-state index contributed by atoms with van der Waals surface area (Å²) in [6.45, 7) is 2.09. The Morgan fingerprint density at radius 3 is 2.18 bits per heavy atom. The molecule has 0 rings (SSSR count). The lowest BCUT2D eigenvalue weighted by Crippen LogP contribution is -2.24. The summed E-state index contributed by atoms with van der Waals surface area (Å²) < 4.78 is 0. The maximum Gasteiger partial charge on any atom is 0.0836 e. The number of aliphatic hydroxyl groups excluding tert-OH is 2. The lowest BCUT2D eigenvalue weighted by atomic mass is 10.1. The molecule has 0 aromatic rings. The van der Waals surface area contributed by atoms with Crippen molar-refractivity contribution in [2.24, 2.45) is 0 Å². The van der Waals surface area contributed by atoms with E-state index in [4.69, 9.17) is 6.42 Å². The van der Waals surface area contributed by atoms with Crippen molar-refractivity contribution in [3.8, 4) is 12.3 Å². The Bertz CT molecular complexity index is 295. The van der Waals surface area contributed by atoms with E-state index in [-0.39, 0.29) is 0 Å². The maximum atomic E-state index is 9.61. The van der Waals surface area contributed by atoms with Crippen LogP contribution in [0.5, 0.6) is 0 Å². The normalized spacial score (nSPS) is 15.6. The molecule has 0 aromatic heterocycles. The maximum absolute atomic E-state index is 9.61.